The molecule has 3 atom stereocenters. The minimum atomic E-state index is -0.0906. The first kappa shape index (κ1) is 19.5. The Labute approximate surface area is 151 Å². The van der Waals surface area contributed by atoms with Gasteiger partial charge in [-0.2, -0.15) is 0 Å². The molecule has 0 N–H and O–H groups in total. The maximum atomic E-state index is 10.9. The van der Waals surface area contributed by atoms with Gasteiger partial charge in [0.05, 0.1) is 12.2 Å². The Kier molecular flexibility index (Phi) is 9.06. The van der Waals surface area contributed by atoms with Crippen molar-refractivity contribution in [3.05, 3.63) is 60.8 Å². The number of hydrogen-bond donors (Lipinski definition) is 0. The van der Waals surface area contributed by atoms with E-state index in [1.807, 2.05) is 18.2 Å². The van der Waals surface area contributed by atoms with E-state index in [9.17, 15) is 4.79 Å². The van der Waals surface area contributed by atoms with Crippen molar-refractivity contribution in [1.29, 1.82) is 0 Å². The molecule has 0 spiro atoms. The van der Waals surface area contributed by atoms with Crippen LogP contribution in [-0.2, 0) is 14.3 Å². The van der Waals surface area contributed by atoms with Crippen molar-refractivity contribution in [1.82, 2.24) is 0 Å². The van der Waals surface area contributed by atoms with Crippen LogP contribution in [0.3, 0.4) is 0 Å². The van der Waals surface area contributed by atoms with E-state index in [-0.39, 0.29) is 12.1 Å². The van der Waals surface area contributed by atoms with Crippen LogP contribution < -0.4 is 0 Å². The van der Waals surface area contributed by atoms with Crippen LogP contribution in [0.2, 0.25) is 0 Å². The molecule has 3 nitrogen and oxygen atoms in total. The molecule has 0 bridgehead atoms. The zero-order chi connectivity index (χ0) is 17.7. The number of allylic oxidation sites excluding steroid dienone is 8. The van der Waals surface area contributed by atoms with Gasteiger partial charge in [0, 0.05) is 6.42 Å². The van der Waals surface area contributed by atoms with Gasteiger partial charge >= 0.3 is 5.97 Å². The molecule has 2 saturated heterocycles. The Hall–Kier alpha value is -1.87. The van der Waals surface area contributed by atoms with Gasteiger partial charge in [-0.3, -0.25) is 4.79 Å². The molecule has 0 radical (unpaired) electrons. The Bertz CT molecular complexity index is 539. The molecule has 0 aromatic carbocycles. The Morgan fingerprint density at radius 2 is 1.60 bits per heavy atom. The van der Waals surface area contributed by atoms with Gasteiger partial charge in [-0.05, 0) is 44.6 Å². The normalized spacial score (nSPS) is 26.9. The van der Waals surface area contributed by atoms with Crippen molar-refractivity contribution in [3.8, 4) is 0 Å². The first-order valence-electron chi connectivity index (χ1n) is 9.43. The Balaban J connectivity index is 1.43. The lowest BCUT2D eigenvalue weighted by Gasteiger charge is -1.99. The van der Waals surface area contributed by atoms with Gasteiger partial charge in [-0.1, -0.05) is 61.6 Å². The van der Waals surface area contributed by atoms with Crippen LogP contribution in [-0.4, -0.2) is 24.3 Å². The summed E-state index contributed by atoms with van der Waals surface area (Å²) in [5.74, 6) is -0.0906. The van der Waals surface area contributed by atoms with Crippen molar-refractivity contribution in [2.45, 2.75) is 70.2 Å². The summed E-state index contributed by atoms with van der Waals surface area (Å²) in [5, 5.41) is 0. The van der Waals surface area contributed by atoms with E-state index >= 15 is 0 Å². The van der Waals surface area contributed by atoms with Crippen molar-refractivity contribution in [2.75, 3.05) is 0 Å². The molecule has 3 unspecified atom stereocenters. The molecule has 2 rings (SSSR count). The summed E-state index contributed by atoms with van der Waals surface area (Å²) in [6.45, 7) is 2.17. The quantitative estimate of drug-likeness (QED) is 0.224. The molecule has 0 aromatic rings. The lowest BCUT2D eigenvalue weighted by molar-refractivity contribution is -0.139. The topological polar surface area (TPSA) is 38.8 Å². The third-order valence-electron chi connectivity index (χ3n) is 4.26. The fourth-order valence-corrected chi connectivity index (χ4v) is 2.72. The first-order valence-corrected chi connectivity index (χ1v) is 9.43. The fourth-order valence-electron chi connectivity index (χ4n) is 2.72. The molecular formula is C22H30O3. The molecule has 3 heteroatoms. The lowest BCUT2D eigenvalue weighted by atomic mass is 10.2. The smallest absolute Gasteiger partial charge is 0.306 e. The predicted molar refractivity (Wildman–Crippen MR) is 102 cm³/mol. The van der Waals surface area contributed by atoms with E-state index in [0.29, 0.717) is 18.6 Å². The SMILES string of the molecule is CCC1OC1C/C=C\C/C=C\C/C=C\C/C=C\C=C\C1CCC(=O)O1. The number of esters is 1. The van der Waals surface area contributed by atoms with Gasteiger partial charge in [0.1, 0.15) is 6.10 Å². The van der Waals surface area contributed by atoms with Gasteiger partial charge in [0.25, 0.3) is 0 Å². The van der Waals surface area contributed by atoms with Gasteiger partial charge in [-0.25, -0.2) is 0 Å². The van der Waals surface area contributed by atoms with E-state index in [4.69, 9.17) is 9.47 Å². The van der Waals surface area contributed by atoms with Gasteiger partial charge < -0.3 is 9.47 Å². The molecule has 0 amide bonds. The molecule has 136 valence electrons. The summed E-state index contributed by atoms with van der Waals surface area (Å²) in [7, 11) is 0. The maximum absolute atomic E-state index is 10.9. The lowest BCUT2D eigenvalue weighted by Crippen LogP contribution is -2.01. The largest absolute Gasteiger partial charge is 0.458 e. The summed E-state index contributed by atoms with van der Waals surface area (Å²) in [5.41, 5.74) is 0. The molecule has 0 aromatic heterocycles. The number of carbonyl (C=O) groups excluding carboxylic acids is 1. The zero-order valence-electron chi connectivity index (χ0n) is 15.2. The molecule has 25 heavy (non-hydrogen) atoms. The van der Waals surface area contributed by atoms with Crippen LogP contribution in [0.1, 0.15) is 51.9 Å². The van der Waals surface area contributed by atoms with Crippen LogP contribution >= 0.6 is 0 Å². The van der Waals surface area contributed by atoms with E-state index in [1.54, 1.807) is 0 Å². The minimum absolute atomic E-state index is 0.0308. The fraction of sp³-hybridized carbons (Fsp3) is 0.500. The number of epoxide rings is 1. The third kappa shape index (κ3) is 8.69. The monoisotopic (exact) mass is 342 g/mol. The standard InChI is InChI=1S/C22H30O3/c1-2-20-21(25-20)16-14-12-10-8-6-4-3-5-7-9-11-13-15-19-17-18-22(23)24-19/h3,5-6,8-9,11-15,19-21H,2,4,7,10,16-18H2,1H3/b5-3-,8-6-,11-9-,14-12-,15-13+. The number of ether oxygens (including phenoxy) is 2. The van der Waals surface area contributed by atoms with Crippen molar-refractivity contribution < 1.29 is 14.3 Å². The highest BCUT2D eigenvalue weighted by Crippen LogP contribution is 2.28. The highest BCUT2D eigenvalue weighted by Gasteiger charge is 2.35. The van der Waals surface area contributed by atoms with Gasteiger partial charge in [0.15, 0.2) is 0 Å². The number of carbonyl (C=O) groups is 1. The molecule has 2 aliphatic rings. The highest BCUT2D eigenvalue weighted by molar-refractivity contribution is 5.71. The van der Waals surface area contributed by atoms with Gasteiger partial charge in [0.2, 0.25) is 0 Å². The summed E-state index contributed by atoms with van der Waals surface area (Å²) in [6.07, 6.45) is 28.5. The number of rotatable bonds is 11. The van der Waals surface area contributed by atoms with E-state index in [0.717, 1.165) is 38.5 Å². The number of cyclic esters (lactones) is 1. The highest BCUT2D eigenvalue weighted by atomic mass is 16.6. The van der Waals surface area contributed by atoms with Crippen LogP contribution in [0, 0.1) is 0 Å². The summed E-state index contributed by atoms with van der Waals surface area (Å²) in [4.78, 5) is 10.9. The first-order chi connectivity index (χ1) is 12.3. The maximum Gasteiger partial charge on any atom is 0.306 e. The van der Waals surface area contributed by atoms with Crippen molar-refractivity contribution in [2.24, 2.45) is 0 Å². The van der Waals surface area contributed by atoms with Crippen molar-refractivity contribution >= 4 is 5.97 Å². The van der Waals surface area contributed by atoms with Crippen LogP contribution in [0.25, 0.3) is 0 Å². The second-order valence-corrected chi connectivity index (χ2v) is 6.36. The van der Waals surface area contributed by atoms with E-state index < -0.39 is 0 Å². The molecule has 0 saturated carbocycles. The summed E-state index contributed by atoms with van der Waals surface area (Å²) in [6, 6.07) is 0. The second-order valence-electron chi connectivity index (χ2n) is 6.36. The zero-order valence-corrected chi connectivity index (χ0v) is 15.2. The average molecular weight is 342 g/mol. The van der Waals surface area contributed by atoms with E-state index in [1.165, 1.54) is 0 Å². The Morgan fingerprint density at radius 1 is 0.920 bits per heavy atom. The molecule has 2 aliphatic heterocycles. The van der Waals surface area contributed by atoms with Crippen LogP contribution in [0.15, 0.2) is 60.8 Å². The van der Waals surface area contributed by atoms with E-state index in [2.05, 4.69) is 49.5 Å². The molecule has 2 fully saturated rings. The Morgan fingerprint density at radius 3 is 2.20 bits per heavy atom. The molecular weight excluding hydrogens is 312 g/mol. The summed E-state index contributed by atoms with van der Waals surface area (Å²) < 4.78 is 10.6. The van der Waals surface area contributed by atoms with Crippen LogP contribution in [0.5, 0.6) is 0 Å². The van der Waals surface area contributed by atoms with Crippen LogP contribution in [0.4, 0.5) is 0 Å². The summed E-state index contributed by atoms with van der Waals surface area (Å²) >= 11 is 0. The second kappa shape index (κ2) is 11.6. The minimum Gasteiger partial charge on any atom is -0.458 e. The average Bonchev–Trinajstić information content (AvgIpc) is 3.26. The third-order valence-corrected chi connectivity index (χ3v) is 4.26. The van der Waals surface area contributed by atoms with Gasteiger partial charge in [-0.15, -0.1) is 0 Å². The predicted octanol–water partition coefficient (Wildman–Crippen LogP) is 5.21. The van der Waals surface area contributed by atoms with Crippen molar-refractivity contribution in [3.63, 3.8) is 0 Å². The molecule has 2 heterocycles. The molecule has 0 aliphatic carbocycles. The number of hydrogen-bond acceptors (Lipinski definition) is 3.